The van der Waals surface area contributed by atoms with Gasteiger partial charge in [-0.15, -0.1) is 11.8 Å². The molecule has 4 N–H and O–H groups in total. The third-order valence-corrected chi connectivity index (χ3v) is 7.36. The first-order chi connectivity index (χ1) is 17.4. The average Bonchev–Trinajstić information content (AvgIpc) is 3.43. The fraction of sp³-hybridized carbons (Fsp3) is 0.304. The Hall–Kier alpha value is -3.68. The van der Waals surface area contributed by atoms with E-state index in [1.54, 1.807) is 4.57 Å². The van der Waals surface area contributed by atoms with Gasteiger partial charge in [0.25, 0.3) is 0 Å². The number of thioether (sulfide) groups is 1. The molecule has 4 aromatic heterocycles. The van der Waals surface area contributed by atoms with E-state index in [0.29, 0.717) is 29.1 Å². The van der Waals surface area contributed by atoms with Crippen LogP contribution in [0.25, 0.3) is 22.6 Å². The Morgan fingerprint density at radius 3 is 2.78 bits per heavy atom. The van der Waals surface area contributed by atoms with Gasteiger partial charge in [-0.1, -0.05) is 6.07 Å². The Labute approximate surface area is 209 Å². The van der Waals surface area contributed by atoms with Gasteiger partial charge in [-0.3, -0.25) is 19.3 Å². The number of aliphatic hydroxyl groups is 2. The molecule has 0 aromatic carbocycles. The van der Waals surface area contributed by atoms with Gasteiger partial charge < -0.3 is 20.8 Å². The van der Waals surface area contributed by atoms with Crippen molar-refractivity contribution in [3.8, 4) is 11.4 Å². The van der Waals surface area contributed by atoms with Crippen LogP contribution in [-0.4, -0.2) is 70.1 Å². The molecule has 1 aliphatic rings. The van der Waals surface area contributed by atoms with Crippen molar-refractivity contribution < 1.29 is 19.4 Å². The molecular weight excluding hydrogens is 487 g/mol. The van der Waals surface area contributed by atoms with Crippen molar-refractivity contribution in [2.45, 2.75) is 36.3 Å². The zero-order chi connectivity index (χ0) is 25.4. The molecule has 0 radical (unpaired) electrons. The first-order valence-corrected chi connectivity index (χ1v) is 12.0. The standard InChI is InChI=1S/C23H23FN8O3S/c1-11-4-3-5-14(29-11)9-27-20-15-21(31-19(30-20)12-6-13(24)8-26-7-12)32(10-28-15)23-17(34)16(33)18(36-23)22(35)25-2/h3-8,10,16-18,23,33-34H,9H2,1-2H3,(H,25,35)(H,27,30,31)/t16-,17+,18-,23+/m0/s1. The molecule has 13 heteroatoms. The zero-order valence-electron chi connectivity index (χ0n) is 19.3. The minimum atomic E-state index is -1.28. The molecule has 0 aliphatic carbocycles. The Kier molecular flexibility index (Phi) is 6.51. The summed E-state index contributed by atoms with van der Waals surface area (Å²) >= 11 is 1.10. The minimum Gasteiger partial charge on any atom is -0.389 e. The van der Waals surface area contributed by atoms with E-state index in [2.05, 4.69) is 35.6 Å². The highest BCUT2D eigenvalue weighted by Crippen LogP contribution is 2.43. The molecule has 1 amide bonds. The summed E-state index contributed by atoms with van der Waals surface area (Å²) < 4.78 is 15.5. The van der Waals surface area contributed by atoms with Crippen LogP contribution in [0.4, 0.5) is 10.2 Å². The normalized spacial score (nSPS) is 21.6. The molecular formula is C23H23FN8O3S. The molecule has 5 rings (SSSR count). The predicted octanol–water partition coefficient (Wildman–Crippen LogP) is 1.42. The highest BCUT2D eigenvalue weighted by molar-refractivity contribution is 8.01. The molecule has 1 fully saturated rings. The number of hydrogen-bond acceptors (Lipinski definition) is 10. The molecule has 36 heavy (non-hydrogen) atoms. The number of aryl methyl sites for hydroxylation is 1. The van der Waals surface area contributed by atoms with Crippen molar-refractivity contribution in [2.24, 2.45) is 0 Å². The van der Waals surface area contributed by atoms with Crippen molar-refractivity contribution >= 4 is 34.7 Å². The summed E-state index contributed by atoms with van der Waals surface area (Å²) in [6, 6.07) is 6.94. The van der Waals surface area contributed by atoms with E-state index in [4.69, 9.17) is 0 Å². The molecule has 11 nitrogen and oxygen atoms in total. The van der Waals surface area contributed by atoms with Crippen molar-refractivity contribution in [1.29, 1.82) is 0 Å². The monoisotopic (exact) mass is 510 g/mol. The molecule has 186 valence electrons. The van der Waals surface area contributed by atoms with Gasteiger partial charge in [-0.05, 0) is 25.1 Å². The van der Waals surface area contributed by atoms with Gasteiger partial charge in [0.05, 0.1) is 24.8 Å². The fourth-order valence-electron chi connectivity index (χ4n) is 4.01. The Bertz CT molecular complexity index is 1430. The minimum absolute atomic E-state index is 0.192. The largest absolute Gasteiger partial charge is 0.389 e. The van der Waals surface area contributed by atoms with Crippen LogP contribution in [0.5, 0.6) is 0 Å². The van der Waals surface area contributed by atoms with E-state index in [1.165, 1.54) is 25.6 Å². The smallest absolute Gasteiger partial charge is 0.235 e. The molecule has 1 saturated heterocycles. The van der Waals surface area contributed by atoms with E-state index in [0.717, 1.165) is 29.3 Å². The number of aromatic nitrogens is 6. The van der Waals surface area contributed by atoms with Crippen LogP contribution in [0.1, 0.15) is 16.8 Å². The van der Waals surface area contributed by atoms with Crippen molar-refractivity contribution in [3.63, 3.8) is 0 Å². The fourth-order valence-corrected chi connectivity index (χ4v) is 5.48. The molecule has 1 aliphatic heterocycles. The van der Waals surface area contributed by atoms with Crippen LogP contribution < -0.4 is 10.6 Å². The molecule has 4 atom stereocenters. The second kappa shape index (κ2) is 9.76. The second-order valence-electron chi connectivity index (χ2n) is 8.28. The number of imidazole rings is 1. The van der Waals surface area contributed by atoms with Gasteiger partial charge in [0.2, 0.25) is 5.91 Å². The van der Waals surface area contributed by atoms with Crippen LogP contribution in [0, 0.1) is 12.7 Å². The van der Waals surface area contributed by atoms with E-state index in [9.17, 15) is 19.4 Å². The number of hydrogen-bond donors (Lipinski definition) is 4. The van der Waals surface area contributed by atoms with E-state index < -0.39 is 34.6 Å². The number of fused-ring (bicyclic) bond motifs is 1. The molecule has 5 heterocycles. The summed E-state index contributed by atoms with van der Waals surface area (Å²) in [6.45, 7) is 2.24. The summed E-state index contributed by atoms with van der Waals surface area (Å²) in [5.41, 5.74) is 2.75. The SMILES string of the molecule is CNC(=O)[C@H]1S[C@@H](n2cnc3c(NCc4cccc(C)n4)nc(-c4cncc(F)c4)nc32)[C@H](O)[C@@H]1O. The number of halogens is 1. The number of nitrogens with zero attached hydrogens (tertiary/aromatic N) is 6. The number of nitrogens with one attached hydrogen (secondary N) is 2. The van der Waals surface area contributed by atoms with Crippen LogP contribution in [-0.2, 0) is 11.3 Å². The number of aliphatic hydroxyl groups excluding tert-OH is 2. The summed E-state index contributed by atoms with van der Waals surface area (Å²) in [5.74, 6) is -0.367. The number of anilines is 1. The van der Waals surface area contributed by atoms with Crippen LogP contribution in [0.3, 0.4) is 0 Å². The topological polar surface area (TPSA) is 151 Å². The maximum absolute atomic E-state index is 13.9. The van der Waals surface area contributed by atoms with E-state index in [1.807, 2.05) is 25.1 Å². The predicted molar refractivity (Wildman–Crippen MR) is 131 cm³/mol. The zero-order valence-corrected chi connectivity index (χ0v) is 20.1. The van der Waals surface area contributed by atoms with Crippen molar-refractivity contribution in [1.82, 2.24) is 34.8 Å². The number of pyridine rings is 2. The molecule has 4 aromatic rings. The lowest BCUT2D eigenvalue weighted by Crippen LogP contribution is -2.39. The van der Waals surface area contributed by atoms with Gasteiger partial charge in [-0.2, -0.15) is 0 Å². The third kappa shape index (κ3) is 4.47. The summed E-state index contributed by atoms with van der Waals surface area (Å²) in [4.78, 5) is 34.2. The Balaban J connectivity index is 1.58. The Morgan fingerprint density at radius 1 is 1.19 bits per heavy atom. The number of carbonyl (C=O) groups excluding carboxylic acids is 1. The first-order valence-electron chi connectivity index (χ1n) is 11.1. The van der Waals surface area contributed by atoms with Gasteiger partial charge in [0.1, 0.15) is 28.6 Å². The Morgan fingerprint density at radius 2 is 2.03 bits per heavy atom. The molecule has 0 bridgehead atoms. The lowest BCUT2D eigenvalue weighted by Gasteiger charge is -2.17. The maximum Gasteiger partial charge on any atom is 0.235 e. The average molecular weight is 511 g/mol. The van der Waals surface area contributed by atoms with Crippen molar-refractivity contribution in [2.75, 3.05) is 12.4 Å². The quantitative estimate of drug-likeness (QED) is 0.300. The maximum atomic E-state index is 13.9. The van der Waals surface area contributed by atoms with Crippen molar-refractivity contribution in [3.05, 3.63) is 60.2 Å². The van der Waals surface area contributed by atoms with Crippen LogP contribution in [0.15, 0.2) is 43.0 Å². The van der Waals surface area contributed by atoms with Gasteiger partial charge in [0.15, 0.2) is 22.8 Å². The lowest BCUT2D eigenvalue weighted by atomic mass is 10.1. The summed E-state index contributed by atoms with van der Waals surface area (Å²) in [5, 5.41) is 25.3. The van der Waals surface area contributed by atoms with Crippen LogP contribution >= 0.6 is 11.8 Å². The van der Waals surface area contributed by atoms with Gasteiger partial charge in [0, 0.05) is 24.5 Å². The number of amides is 1. The lowest BCUT2D eigenvalue weighted by molar-refractivity contribution is -0.122. The summed E-state index contributed by atoms with van der Waals surface area (Å²) in [7, 11) is 1.47. The third-order valence-electron chi connectivity index (χ3n) is 5.78. The van der Waals surface area contributed by atoms with E-state index in [-0.39, 0.29) is 5.82 Å². The van der Waals surface area contributed by atoms with Crippen LogP contribution in [0.2, 0.25) is 0 Å². The van der Waals surface area contributed by atoms with Gasteiger partial charge >= 0.3 is 0 Å². The number of rotatable bonds is 6. The molecule has 0 saturated carbocycles. The highest BCUT2D eigenvalue weighted by atomic mass is 32.2. The first kappa shape index (κ1) is 24.0. The molecule has 0 unspecified atom stereocenters. The highest BCUT2D eigenvalue weighted by Gasteiger charge is 2.47. The summed E-state index contributed by atoms with van der Waals surface area (Å²) in [6.07, 6.45) is 1.47. The number of carbonyl (C=O) groups is 1. The second-order valence-corrected chi connectivity index (χ2v) is 9.54. The van der Waals surface area contributed by atoms with Gasteiger partial charge in [-0.25, -0.2) is 19.3 Å². The molecule has 0 spiro atoms. The van der Waals surface area contributed by atoms with E-state index >= 15 is 0 Å².